The maximum Gasteiger partial charge on any atom is 0.325 e. The summed E-state index contributed by atoms with van der Waals surface area (Å²) in [7, 11) is 0. The molecule has 1 aliphatic rings. The van der Waals surface area contributed by atoms with Crippen LogP contribution in [0.25, 0.3) is 0 Å². The van der Waals surface area contributed by atoms with Crippen LogP contribution in [-0.4, -0.2) is 23.1 Å². The second kappa shape index (κ2) is 3.44. The van der Waals surface area contributed by atoms with Crippen molar-refractivity contribution in [3.63, 3.8) is 0 Å². The minimum absolute atomic E-state index is 0.0694. The van der Waals surface area contributed by atoms with Gasteiger partial charge in [-0.3, -0.25) is 4.79 Å². The third kappa shape index (κ3) is 2.48. The highest BCUT2D eigenvalue weighted by Crippen LogP contribution is 2.18. The number of hydrogen-bond donors (Lipinski definition) is 0. The molecule has 0 aromatic rings. The van der Waals surface area contributed by atoms with Gasteiger partial charge in [0, 0.05) is 18.5 Å². The van der Waals surface area contributed by atoms with E-state index in [4.69, 9.17) is 4.84 Å². The van der Waals surface area contributed by atoms with Crippen molar-refractivity contribution in [3.05, 3.63) is 0 Å². The lowest BCUT2D eigenvalue weighted by atomic mass is 10.1. The topological polar surface area (TPSA) is 29.5 Å². The third-order valence-corrected chi connectivity index (χ3v) is 1.95. The summed E-state index contributed by atoms with van der Waals surface area (Å²) in [5.41, 5.74) is -0.0694. The van der Waals surface area contributed by atoms with Crippen molar-refractivity contribution in [2.45, 2.75) is 45.6 Å². The molecule has 1 heterocycles. The summed E-state index contributed by atoms with van der Waals surface area (Å²) in [5.74, 6) is -0.0950. The fraction of sp³-hybridized carbons (Fsp3) is 0.889. The van der Waals surface area contributed by atoms with E-state index >= 15 is 0 Å². The van der Waals surface area contributed by atoms with Crippen LogP contribution in [0.5, 0.6) is 0 Å². The van der Waals surface area contributed by atoms with E-state index in [-0.39, 0.29) is 11.5 Å². The van der Waals surface area contributed by atoms with E-state index in [9.17, 15) is 4.79 Å². The molecule has 1 aliphatic heterocycles. The Morgan fingerprint density at radius 3 is 2.58 bits per heavy atom. The van der Waals surface area contributed by atoms with Gasteiger partial charge in [-0.25, -0.2) is 0 Å². The number of carbonyl (C=O) groups is 1. The summed E-state index contributed by atoms with van der Waals surface area (Å²) in [6, 6.07) is 0. The van der Waals surface area contributed by atoms with Gasteiger partial charge in [0.15, 0.2) is 0 Å². The van der Waals surface area contributed by atoms with E-state index in [1.54, 1.807) is 5.06 Å². The zero-order chi connectivity index (χ0) is 9.19. The maximum absolute atomic E-state index is 11.1. The van der Waals surface area contributed by atoms with Crippen LogP contribution in [-0.2, 0) is 9.63 Å². The average Bonchev–Trinajstić information content (AvgIpc) is 2.11. The van der Waals surface area contributed by atoms with E-state index in [1.807, 2.05) is 20.8 Å². The molecule has 0 aliphatic carbocycles. The third-order valence-electron chi connectivity index (χ3n) is 1.95. The summed E-state index contributed by atoms with van der Waals surface area (Å²) < 4.78 is 0. The lowest BCUT2D eigenvalue weighted by molar-refractivity contribution is -0.210. The van der Waals surface area contributed by atoms with Gasteiger partial charge in [0.05, 0.1) is 0 Å². The van der Waals surface area contributed by atoms with Crippen LogP contribution in [0.2, 0.25) is 0 Å². The van der Waals surface area contributed by atoms with Gasteiger partial charge >= 0.3 is 5.97 Å². The lowest BCUT2D eigenvalue weighted by Crippen LogP contribution is -2.42. The molecule has 0 unspecified atom stereocenters. The van der Waals surface area contributed by atoms with Gasteiger partial charge in [0.1, 0.15) is 0 Å². The highest BCUT2D eigenvalue weighted by atomic mass is 16.7. The summed E-state index contributed by atoms with van der Waals surface area (Å²) in [6.45, 7) is 7.00. The van der Waals surface area contributed by atoms with E-state index < -0.39 is 0 Å². The summed E-state index contributed by atoms with van der Waals surface area (Å²) >= 11 is 0. The normalized spacial score (nSPS) is 21.8. The van der Waals surface area contributed by atoms with E-state index in [0.717, 1.165) is 19.4 Å². The number of hydrogen-bond acceptors (Lipinski definition) is 3. The predicted molar refractivity (Wildman–Crippen MR) is 46.4 cm³/mol. The Hall–Kier alpha value is -0.570. The highest BCUT2D eigenvalue weighted by molar-refractivity contribution is 5.69. The summed E-state index contributed by atoms with van der Waals surface area (Å²) in [6.07, 6.45) is 2.56. The first kappa shape index (κ1) is 9.52. The van der Waals surface area contributed by atoms with E-state index in [2.05, 4.69) is 0 Å². The van der Waals surface area contributed by atoms with Gasteiger partial charge in [0.2, 0.25) is 0 Å². The van der Waals surface area contributed by atoms with Crippen LogP contribution < -0.4 is 0 Å². The van der Waals surface area contributed by atoms with Gasteiger partial charge in [-0.2, -0.15) is 0 Å². The minimum atomic E-state index is -0.0950. The summed E-state index contributed by atoms with van der Waals surface area (Å²) in [5, 5.41) is 1.78. The largest absolute Gasteiger partial charge is 0.367 e. The molecule has 1 saturated heterocycles. The molecule has 0 spiro atoms. The van der Waals surface area contributed by atoms with Crippen molar-refractivity contribution in [1.29, 1.82) is 0 Å². The monoisotopic (exact) mass is 171 g/mol. The number of carbonyl (C=O) groups excluding carboxylic acids is 1. The molecule has 0 bridgehead atoms. The van der Waals surface area contributed by atoms with E-state index in [0.29, 0.717) is 6.42 Å². The number of rotatable bonds is 0. The maximum atomic E-state index is 11.1. The van der Waals surface area contributed by atoms with Gasteiger partial charge in [-0.05, 0) is 33.6 Å². The molecule has 0 aromatic carbocycles. The molecule has 12 heavy (non-hydrogen) atoms. The Morgan fingerprint density at radius 1 is 1.33 bits per heavy atom. The van der Waals surface area contributed by atoms with Gasteiger partial charge in [-0.1, -0.05) is 0 Å². The molecular formula is C9H17NO2. The molecule has 0 saturated carbocycles. The van der Waals surface area contributed by atoms with Crippen molar-refractivity contribution in [2.24, 2.45) is 0 Å². The molecule has 0 radical (unpaired) electrons. The predicted octanol–water partition coefficient (Wildman–Crippen LogP) is 1.73. The molecule has 1 rings (SSSR count). The molecule has 3 nitrogen and oxygen atoms in total. The molecule has 0 atom stereocenters. The quantitative estimate of drug-likeness (QED) is 0.556. The first-order valence-electron chi connectivity index (χ1n) is 4.48. The number of hydroxylamine groups is 2. The highest BCUT2D eigenvalue weighted by Gasteiger charge is 2.26. The minimum Gasteiger partial charge on any atom is -0.367 e. The van der Waals surface area contributed by atoms with E-state index in [1.165, 1.54) is 0 Å². The van der Waals surface area contributed by atoms with Crippen molar-refractivity contribution in [1.82, 2.24) is 5.06 Å². The molecule has 3 heteroatoms. The van der Waals surface area contributed by atoms with Crippen molar-refractivity contribution < 1.29 is 9.63 Å². The molecular weight excluding hydrogens is 154 g/mol. The summed E-state index contributed by atoms with van der Waals surface area (Å²) in [4.78, 5) is 16.2. The van der Waals surface area contributed by atoms with Crippen molar-refractivity contribution >= 4 is 5.97 Å². The Bertz CT molecular complexity index is 172. The van der Waals surface area contributed by atoms with Crippen LogP contribution in [0, 0.1) is 0 Å². The first-order chi connectivity index (χ1) is 5.50. The first-order valence-corrected chi connectivity index (χ1v) is 4.48. The van der Waals surface area contributed by atoms with Gasteiger partial charge in [0.25, 0.3) is 0 Å². The van der Waals surface area contributed by atoms with Crippen molar-refractivity contribution in [3.8, 4) is 0 Å². The van der Waals surface area contributed by atoms with Crippen LogP contribution >= 0.6 is 0 Å². The van der Waals surface area contributed by atoms with Crippen LogP contribution in [0.3, 0.4) is 0 Å². The second-order valence-electron chi connectivity index (χ2n) is 4.19. The molecule has 70 valence electrons. The molecule has 0 amide bonds. The smallest absolute Gasteiger partial charge is 0.325 e. The molecule has 0 N–H and O–H groups in total. The average molecular weight is 171 g/mol. The lowest BCUT2D eigenvalue weighted by Gasteiger charge is -2.31. The Kier molecular flexibility index (Phi) is 2.73. The fourth-order valence-electron chi connectivity index (χ4n) is 1.21. The van der Waals surface area contributed by atoms with Gasteiger partial charge < -0.3 is 4.84 Å². The molecule has 1 fully saturated rings. The van der Waals surface area contributed by atoms with Crippen molar-refractivity contribution in [2.75, 3.05) is 6.54 Å². The SMILES string of the molecule is CC(C)(C)N1CCCCC(=O)O1. The van der Waals surface area contributed by atoms with Crippen LogP contribution in [0.1, 0.15) is 40.0 Å². The molecule has 0 aromatic heterocycles. The number of nitrogens with zero attached hydrogens (tertiary/aromatic N) is 1. The Morgan fingerprint density at radius 2 is 2.00 bits per heavy atom. The van der Waals surface area contributed by atoms with Gasteiger partial charge in [-0.15, -0.1) is 5.06 Å². The standard InChI is InChI=1S/C9H17NO2/c1-9(2,3)10-7-5-4-6-8(11)12-10/h4-7H2,1-3H3. The Balaban J connectivity index is 2.58. The zero-order valence-corrected chi connectivity index (χ0v) is 8.09. The van der Waals surface area contributed by atoms with Crippen LogP contribution in [0.15, 0.2) is 0 Å². The fourth-order valence-corrected chi connectivity index (χ4v) is 1.21. The second-order valence-corrected chi connectivity index (χ2v) is 4.19. The Labute approximate surface area is 73.6 Å². The van der Waals surface area contributed by atoms with Crippen LogP contribution in [0.4, 0.5) is 0 Å². The zero-order valence-electron chi connectivity index (χ0n) is 8.09.